The van der Waals surface area contributed by atoms with Crippen LogP contribution in [0.1, 0.15) is 5.56 Å². The van der Waals surface area contributed by atoms with Crippen LogP contribution in [-0.2, 0) is 0 Å². The van der Waals surface area contributed by atoms with E-state index < -0.39 is 0 Å². The molecule has 0 radical (unpaired) electrons. The number of nitrogens with zero attached hydrogens (tertiary/aromatic N) is 2. The van der Waals surface area contributed by atoms with Crippen LogP contribution in [0.5, 0.6) is 0 Å². The third kappa shape index (κ3) is 3.99. The Kier molecular flexibility index (Phi) is 4.76. The lowest BCUT2D eigenvalue weighted by Gasteiger charge is -2.37. The van der Waals surface area contributed by atoms with E-state index in [0.29, 0.717) is 0 Å². The standard InChI is InChI=1S/C18H20FN3S/c1-14-2-6-16(7-3-14)20-18(23)22-12-10-21(11-13-22)17-8-4-15(19)5-9-17/h2-9H,10-13H2,1H3,(H,20,23). The van der Waals surface area contributed by atoms with Crippen molar-refractivity contribution in [3.05, 3.63) is 59.9 Å². The predicted molar refractivity (Wildman–Crippen MR) is 97.6 cm³/mol. The number of nitrogens with one attached hydrogen (secondary N) is 1. The highest BCUT2D eigenvalue weighted by Gasteiger charge is 2.19. The topological polar surface area (TPSA) is 18.5 Å². The summed E-state index contributed by atoms with van der Waals surface area (Å²) in [5, 5.41) is 4.05. The van der Waals surface area contributed by atoms with Crippen LogP contribution in [-0.4, -0.2) is 36.2 Å². The number of aryl methyl sites for hydroxylation is 1. The quantitative estimate of drug-likeness (QED) is 0.847. The number of thiocarbonyl (C=S) groups is 1. The molecule has 0 aromatic heterocycles. The van der Waals surface area contributed by atoms with Gasteiger partial charge in [0.1, 0.15) is 5.82 Å². The fraction of sp³-hybridized carbons (Fsp3) is 0.278. The number of rotatable bonds is 2. The van der Waals surface area contributed by atoms with Crippen LogP contribution in [0.25, 0.3) is 0 Å². The summed E-state index contributed by atoms with van der Waals surface area (Å²) in [5.41, 5.74) is 3.31. The zero-order valence-corrected chi connectivity index (χ0v) is 13.9. The summed E-state index contributed by atoms with van der Waals surface area (Å²) in [6, 6.07) is 14.9. The van der Waals surface area contributed by atoms with Gasteiger partial charge in [-0.1, -0.05) is 17.7 Å². The van der Waals surface area contributed by atoms with E-state index in [-0.39, 0.29) is 5.82 Å². The molecule has 3 nitrogen and oxygen atoms in total. The van der Waals surface area contributed by atoms with E-state index in [1.54, 1.807) is 0 Å². The van der Waals surface area contributed by atoms with Gasteiger partial charge in [0.25, 0.3) is 0 Å². The third-order valence-electron chi connectivity index (χ3n) is 4.06. The Labute approximate surface area is 141 Å². The molecule has 1 heterocycles. The molecule has 1 fully saturated rings. The molecule has 1 saturated heterocycles. The summed E-state index contributed by atoms with van der Waals surface area (Å²) in [4.78, 5) is 4.43. The Morgan fingerprint density at radius 3 is 2.17 bits per heavy atom. The molecular formula is C18H20FN3S. The lowest BCUT2D eigenvalue weighted by Crippen LogP contribution is -2.50. The molecule has 2 aromatic carbocycles. The van der Waals surface area contributed by atoms with Crippen molar-refractivity contribution >= 4 is 28.7 Å². The van der Waals surface area contributed by atoms with Gasteiger partial charge < -0.3 is 15.1 Å². The number of benzene rings is 2. The van der Waals surface area contributed by atoms with Gasteiger partial charge in [0.2, 0.25) is 0 Å². The summed E-state index contributed by atoms with van der Waals surface area (Å²) in [6.07, 6.45) is 0. The van der Waals surface area contributed by atoms with Crippen molar-refractivity contribution in [3.8, 4) is 0 Å². The van der Waals surface area contributed by atoms with Crippen molar-refractivity contribution in [3.63, 3.8) is 0 Å². The zero-order chi connectivity index (χ0) is 16.2. The van der Waals surface area contributed by atoms with Gasteiger partial charge in [-0.3, -0.25) is 0 Å². The zero-order valence-electron chi connectivity index (χ0n) is 13.1. The fourth-order valence-corrected chi connectivity index (χ4v) is 2.96. The van der Waals surface area contributed by atoms with Crippen LogP contribution in [0, 0.1) is 12.7 Å². The van der Waals surface area contributed by atoms with Crippen molar-refractivity contribution in [1.82, 2.24) is 4.90 Å². The maximum atomic E-state index is 13.0. The molecule has 1 N–H and O–H groups in total. The lowest BCUT2D eigenvalue weighted by molar-refractivity contribution is 0.391. The molecule has 0 unspecified atom stereocenters. The number of anilines is 2. The van der Waals surface area contributed by atoms with Gasteiger partial charge in [0.15, 0.2) is 5.11 Å². The van der Waals surface area contributed by atoms with Gasteiger partial charge in [-0.15, -0.1) is 0 Å². The second-order valence-electron chi connectivity index (χ2n) is 5.75. The molecule has 2 aromatic rings. The molecule has 5 heteroatoms. The maximum absolute atomic E-state index is 13.0. The van der Waals surface area contributed by atoms with E-state index >= 15 is 0 Å². The largest absolute Gasteiger partial charge is 0.368 e. The number of hydrogen-bond donors (Lipinski definition) is 1. The van der Waals surface area contributed by atoms with Gasteiger partial charge in [-0.05, 0) is 55.5 Å². The highest BCUT2D eigenvalue weighted by molar-refractivity contribution is 7.80. The first-order valence-corrected chi connectivity index (χ1v) is 8.16. The molecule has 120 valence electrons. The first kappa shape index (κ1) is 15.7. The Bertz CT molecular complexity index is 662. The lowest BCUT2D eigenvalue weighted by atomic mass is 10.2. The fourth-order valence-electron chi connectivity index (χ4n) is 2.66. The van der Waals surface area contributed by atoms with E-state index in [1.807, 2.05) is 24.3 Å². The van der Waals surface area contributed by atoms with E-state index in [0.717, 1.165) is 42.7 Å². The predicted octanol–water partition coefficient (Wildman–Crippen LogP) is 3.65. The SMILES string of the molecule is Cc1ccc(NC(=S)N2CCN(c3ccc(F)cc3)CC2)cc1. The van der Waals surface area contributed by atoms with Gasteiger partial charge in [-0.2, -0.15) is 0 Å². The number of piperazine rings is 1. The monoisotopic (exact) mass is 329 g/mol. The van der Waals surface area contributed by atoms with Crippen LogP contribution in [0.3, 0.4) is 0 Å². The molecule has 23 heavy (non-hydrogen) atoms. The Morgan fingerprint density at radius 2 is 1.57 bits per heavy atom. The average molecular weight is 329 g/mol. The van der Waals surface area contributed by atoms with Crippen molar-refractivity contribution in [2.75, 3.05) is 36.4 Å². The minimum Gasteiger partial charge on any atom is -0.368 e. The second-order valence-corrected chi connectivity index (χ2v) is 6.13. The first-order chi connectivity index (χ1) is 11.1. The van der Waals surface area contributed by atoms with Crippen molar-refractivity contribution in [1.29, 1.82) is 0 Å². The number of hydrogen-bond acceptors (Lipinski definition) is 2. The molecule has 0 saturated carbocycles. The summed E-state index contributed by atoms with van der Waals surface area (Å²) in [7, 11) is 0. The molecule has 0 bridgehead atoms. The van der Waals surface area contributed by atoms with Gasteiger partial charge in [0, 0.05) is 37.6 Å². The van der Waals surface area contributed by atoms with Gasteiger partial charge in [0.05, 0.1) is 0 Å². The first-order valence-electron chi connectivity index (χ1n) is 7.75. The normalized spacial score (nSPS) is 14.7. The molecule has 0 aliphatic carbocycles. The third-order valence-corrected chi connectivity index (χ3v) is 4.42. The van der Waals surface area contributed by atoms with Crippen molar-refractivity contribution in [2.45, 2.75) is 6.92 Å². The van der Waals surface area contributed by atoms with E-state index in [1.165, 1.54) is 17.7 Å². The molecule has 0 atom stereocenters. The molecular weight excluding hydrogens is 309 g/mol. The highest BCUT2D eigenvalue weighted by atomic mass is 32.1. The van der Waals surface area contributed by atoms with E-state index in [2.05, 4.69) is 34.2 Å². The highest BCUT2D eigenvalue weighted by Crippen LogP contribution is 2.17. The van der Waals surface area contributed by atoms with Crippen LogP contribution in [0.15, 0.2) is 48.5 Å². The number of halogens is 1. The molecule has 0 spiro atoms. The van der Waals surface area contributed by atoms with E-state index in [4.69, 9.17) is 12.2 Å². The minimum absolute atomic E-state index is 0.198. The summed E-state index contributed by atoms with van der Waals surface area (Å²) < 4.78 is 13.0. The van der Waals surface area contributed by atoms with Crippen LogP contribution >= 0.6 is 12.2 Å². The molecule has 1 aliphatic rings. The van der Waals surface area contributed by atoms with E-state index in [9.17, 15) is 4.39 Å². The van der Waals surface area contributed by atoms with Crippen LogP contribution < -0.4 is 10.2 Å². The van der Waals surface area contributed by atoms with Gasteiger partial charge in [-0.25, -0.2) is 4.39 Å². The summed E-state index contributed by atoms with van der Waals surface area (Å²) >= 11 is 5.51. The Hall–Kier alpha value is -2.14. The molecule has 1 aliphatic heterocycles. The summed E-state index contributed by atoms with van der Waals surface area (Å²) in [6.45, 7) is 5.53. The Balaban J connectivity index is 1.54. The van der Waals surface area contributed by atoms with Crippen LogP contribution in [0.4, 0.5) is 15.8 Å². The van der Waals surface area contributed by atoms with Crippen molar-refractivity contribution < 1.29 is 4.39 Å². The molecule has 0 amide bonds. The average Bonchev–Trinajstić information content (AvgIpc) is 2.58. The minimum atomic E-state index is -0.198. The van der Waals surface area contributed by atoms with Crippen LogP contribution in [0.2, 0.25) is 0 Å². The van der Waals surface area contributed by atoms with Gasteiger partial charge >= 0.3 is 0 Å². The molecule has 3 rings (SSSR count). The maximum Gasteiger partial charge on any atom is 0.173 e. The second kappa shape index (κ2) is 6.96. The smallest absolute Gasteiger partial charge is 0.173 e. The Morgan fingerprint density at radius 1 is 0.957 bits per heavy atom. The summed E-state index contributed by atoms with van der Waals surface area (Å²) in [5.74, 6) is -0.198. The van der Waals surface area contributed by atoms with Crippen molar-refractivity contribution in [2.24, 2.45) is 0 Å².